The van der Waals surface area contributed by atoms with Crippen molar-refractivity contribution < 1.29 is 19.4 Å². The number of ether oxygens (including phenoxy) is 2. The molecule has 1 fully saturated rings. The second-order valence-corrected chi connectivity index (χ2v) is 6.59. The highest BCUT2D eigenvalue weighted by Crippen LogP contribution is 2.32. The van der Waals surface area contributed by atoms with E-state index in [1.807, 2.05) is 18.2 Å². The number of carbonyl (C=O) groups is 1. The maximum absolute atomic E-state index is 11.8. The van der Waals surface area contributed by atoms with Crippen molar-refractivity contribution in [3.8, 4) is 11.5 Å². The van der Waals surface area contributed by atoms with Crippen molar-refractivity contribution in [2.45, 2.75) is 31.8 Å². The van der Waals surface area contributed by atoms with E-state index in [1.54, 1.807) is 0 Å². The molecule has 2 aliphatic rings. The number of amides is 2. The molecule has 1 aromatic rings. The Morgan fingerprint density at radius 2 is 1.96 bits per heavy atom. The molecule has 0 bridgehead atoms. The number of likely N-dealkylation sites (tertiary alicyclic amines) is 1. The van der Waals surface area contributed by atoms with Crippen LogP contribution in [0.5, 0.6) is 11.5 Å². The molecule has 138 valence electrons. The predicted molar refractivity (Wildman–Crippen MR) is 94.0 cm³/mol. The second-order valence-electron chi connectivity index (χ2n) is 6.59. The summed E-state index contributed by atoms with van der Waals surface area (Å²) in [6.07, 6.45) is 3.84. The van der Waals surface area contributed by atoms with Gasteiger partial charge in [0.25, 0.3) is 0 Å². The molecule has 1 saturated heterocycles. The van der Waals surface area contributed by atoms with Crippen molar-refractivity contribution in [1.29, 1.82) is 0 Å². The Balaban J connectivity index is 1.30. The van der Waals surface area contributed by atoms with Crippen LogP contribution < -0.4 is 20.1 Å². The maximum Gasteiger partial charge on any atom is 0.314 e. The molecule has 1 aromatic carbocycles. The lowest BCUT2D eigenvalue weighted by Gasteiger charge is -2.28. The first-order chi connectivity index (χ1) is 12.2. The van der Waals surface area contributed by atoms with Crippen LogP contribution in [0.4, 0.5) is 4.79 Å². The number of benzene rings is 1. The highest BCUT2D eigenvalue weighted by atomic mass is 16.7. The van der Waals surface area contributed by atoms with Gasteiger partial charge < -0.3 is 30.1 Å². The van der Waals surface area contributed by atoms with Gasteiger partial charge in [0.15, 0.2) is 11.5 Å². The highest BCUT2D eigenvalue weighted by molar-refractivity contribution is 5.73. The van der Waals surface area contributed by atoms with Crippen molar-refractivity contribution in [1.82, 2.24) is 15.5 Å². The monoisotopic (exact) mass is 349 g/mol. The first kappa shape index (κ1) is 17.8. The van der Waals surface area contributed by atoms with Crippen LogP contribution in [0.2, 0.25) is 0 Å². The Labute approximate surface area is 148 Å². The number of rotatable bonds is 7. The fourth-order valence-corrected chi connectivity index (χ4v) is 3.19. The standard InChI is InChI=1S/C18H27N3O4/c22-15(12-21-8-2-1-3-9-21)11-20-18(23)19-7-6-14-4-5-16-17(10-14)25-13-24-16/h4-5,10,15,22H,1-3,6-9,11-13H2,(H2,19,20,23)/t15-/m1/s1. The average molecular weight is 349 g/mol. The van der Waals surface area contributed by atoms with Crippen LogP contribution in [0.3, 0.4) is 0 Å². The molecule has 2 amide bonds. The molecule has 7 nitrogen and oxygen atoms in total. The van der Waals surface area contributed by atoms with Crippen LogP contribution in [-0.2, 0) is 6.42 Å². The second kappa shape index (κ2) is 8.92. The molecule has 0 aromatic heterocycles. The van der Waals surface area contributed by atoms with Gasteiger partial charge in [0.1, 0.15) is 0 Å². The quantitative estimate of drug-likeness (QED) is 0.687. The summed E-state index contributed by atoms with van der Waals surface area (Å²) < 4.78 is 10.6. The van der Waals surface area contributed by atoms with Gasteiger partial charge in [-0.25, -0.2) is 4.79 Å². The van der Waals surface area contributed by atoms with Gasteiger partial charge in [-0.2, -0.15) is 0 Å². The number of nitrogens with zero attached hydrogens (tertiary/aromatic N) is 1. The summed E-state index contributed by atoms with van der Waals surface area (Å²) in [7, 11) is 0. The number of β-amino-alcohol motifs (C(OH)–C–C–N with tert-alkyl or cyclic N) is 1. The van der Waals surface area contributed by atoms with Crippen LogP contribution in [0.25, 0.3) is 0 Å². The lowest BCUT2D eigenvalue weighted by atomic mass is 10.1. The molecule has 0 saturated carbocycles. The van der Waals surface area contributed by atoms with E-state index in [9.17, 15) is 9.90 Å². The Morgan fingerprint density at radius 3 is 2.80 bits per heavy atom. The van der Waals surface area contributed by atoms with Crippen molar-refractivity contribution in [2.75, 3.05) is 39.5 Å². The van der Waals surface area contributed by atoms with Gasteiger partial charge in [0, 0.05) is 19.6 Å². The molecule has 3 N–H and O–H groups in total. The Hall–Kier alpha value is -1.99. The highest BCUT2D eigenvalue weighted by Gasteiger charge is 2.15. The summed E-state index contributed by atoms with van der Waals surface area (Å²) >= 11 is 0. The number of piperidine rings is 1. The molecule has 0 spiro atoms. The fourth-order valence-electron chi connectivity index (χ4n) is 3.19. The van der Waals surface area contributed by atoms with Gasteiger partial charge in [-0.1, -0.05) is 12.5 Å². The molecule has 7 heteroatoms. The van der Waals surface area contributed by atoms with Crippen LogP contribution in [-0.4, -0.2) is 61.7 Å². The van der Waals surface area contributed by atoms with E-state index in [0.29, 0.717) is 19.5 Å². The van der Waals surface area contributed by atoms with E-state index in [1.165, 1.54) is 19.3 Å². The molecule has 3 rings (SSSR count). The van der Waals surface area contributed by atoms with Gasteiger partial charge in [-0.05, 0) is 50.0 Å². The number of aliphatic hydroxyl groups is 1. The largest absolute Gasteiger partial charge is 0.454 e. The molecule has 0 unspecified atom stereocenters. The normalized spacial score (nSPS) is 18.0. The van der Waals surface area contributed by atoms with E-state index in [0.717, 1.165) is 30.2 Å². The molecule has 25 heavy (non-hydrogen) atoms. The summed E-state index contributed by atoms with van der Waals surface area (Å²) in [5.74, 6) is 1.51. The zero-order valence-electron chi connectivity index (χ0n) is 14.5. The third-order valence-electron chi connectivity index (χ3n) is 4.55. The van der Waals surface area contributed by atoms with Gasteiger partial charge in [-0.15, -0.1) is 0 Å². The van der Waals surface area contributed by atoms with Crippen molar-refractivity contribution >= 4 is 6.03 Å². The molecule has 2 heterocycles. The number of hydrogen-bond donors (Lipinski definition) is 3. The summed E-state index contributed by atoms with van der Waals surface area (Å²) in [6.45, 7) is 3.76. The predicted octanol–water partition coefficient (Wildman–Crippen LogP) is 1.10. The van der Waals surface area contributed by atoms with E-state index >= 15 is 0 Å². The number of fused-ring (bicyclic) bond motifs is 1. The first-order valence-corrected chi connectivity index (χ1v) is 9.01. The third-order valence-corrected chi connectivity index (χ3v) is 4.55. The van der Waals surface area contributed by atoms with E-state index < -0.39 is 6.10 Å². The zero-order chi connectivity index (χ0) is 17.5. The number of carbonyl (C=O) groups excluding carboxylic acids is 1. The van der Waals surface area contributed by atoms with Crippen LogP contribution >= 0.6 is 0 Å². The maximum atomic E-state index is 11.8. The van der Waals surface area contributed by atoms with Crippen molar-refractivity contribution in [2.24, 2.45) is 0 Å². The Bertz CT molecular complexity index is 575. The van der Waals surface area contributed by atoms with Crippen molar-refractivity contribution in [3.05, 3.63) is 23.8 Å². The molecule has 1 atom stereocenters. The Kier molecular flexibility index (Phi) is 6.36. The fraction of sp³-hybridized carbons (Fsp3) is 0.611. The van der Waals surface area contributed by atoms with Crippen LogP contribution in [0.1, 0.15) is 24.8 Å². The SMILES string of the molecule is O=C(NCCc1ccc2c(c1)OCO2)NC[C@@H](O)CN1CCCCC1. The summed E-state index contributed by atoms with van der Waals surface area (Å²) in [6, 6.07) is 5.53. The third kappa shape index (κ3) is 5.51. The lowest BCUT2D eigenvalue weighted by Crippen LogP contribution is -2.45. The number of aliphatic hydroxyl groups excluding tert-OH is 1. The number of hydrogen-bond acceptors (Lipinski definition) is 5. The Morgan fingerprint density at radius 1 is 1.16 bits per heavy atom. The molecule has 0 aliphatic carbocycles. The van der Waals surface area contributed by atoms with Crippen LogP contribution in [0, 0.1) is 0 Å². The minimum Gasteiger partial charge on any atom is -0.454 e. The molecular weight excluding hydrogens is 322 g/mol. The first-order valence-electron chi connectivity index (χ1n) is 9.01. The van der Waals surface area contributed by atoms with Gasteiger partial charge in [0.05, 0.1) is 6.10 Å². The number of urea groups is 1. The van der Waals surface area contributed by atoms with Gasteiger partial charge >= 0.3 is 6.03 Å². The van der Waals surface area contributed by atoms with Gasteiger partial charge in [-0.3, -0.25) is 0 Å². The lowest BCUT2D eigenvalue weighted by molar-refractivity contribution is 0.101. The molecule has 2 aliphatic heterocycles. The molecule has 0 radical (unpaired) electrons. The summed E-state index contributed by atoms with van der Waals surface area (Å²) in [5, 5.41) is 15.6. The smallest absolute Gasteiger partial charge is 0.314 e. The van der Waals surface area contributed by atoms with E-state index in [4.69, 9.17) is 9.47 Å². The minimum atomic E-state index is -0.530. The number of nitrogens with one attached hydrogen (secondary N) is 2. The molecular formula is C18H27N3O4. The topological polar surface area (TPSA) is 83.1 Å². The van der Waals surface area contributed by atoms with Crippen molar-refractivity contribution in [3.63, 3.8) is 0 Å². The summed E-state index contributed by atoms with van der Waals surface area (Å²) in [5.41, 5.74) is 1.08. The average Bonchev–Trinajstić information content (AvgIpc) is 3.09. The van der Waals surface area contributed by atoms with E-state index in [-0.39, 0.29) is 19.4 Å². The zero-order valence-corrected chi connectivity index (χ0v) is 14.5. The van der Waals surface area contributed by atoms with Gasteiger partial charge in [0.2, 0.25) is 6.79 Å². The summed E-state index contributed by atoms with van der Waals surface area (Å²) in [4.78, 5) is 14.1. The minimum absolute atomic E-state index is 0.251. The van der Waals surface area contributed by atoms with Crippen LogP contribution in [0.15, 0.2) is 18.2 Å². The van der Waals surface area contributed by atoms with E-state index in [2.05, 4.69) is 15.5 Å².